The largest absolute Gasteiger partial charge is 0.496 e. The Morgan fingerprint density at radius 1 is 1.06 bits per heavy atom. The summed E-state index contributed by atoms with van der Waals surface area (Å²) >= 11 is 1.21. The summed E-state index contributed by atoms with van der Waals surface area (Å²) in [5.74, 6) is 0.638. The average Bonchev–Trinajstić information content (AvgIpc) is 3.26. The lowest BCUT2D eigenvalue weighted by molar-refractivity contribution is -0.384. The van der Waals surface area contributed by atoms with Crippen molar-refractivity contribution in [2.75, 3.05) is 18.2 Å². The molecule has 0 saturated carbocycles. The lowest BCUT2D eigenvalue weighted by atomic mass is 10.2. The van der Waals surface area contributed by atoms with Gasteiger partial charge in [0.15, 0.2) is 11.0 Å². The number of amides is 1. The molecule has 0 atom stereocenters. The van der Waals surface area contributed by atoms with Gasteiger partial charge in [0.25, 0.3) is 5.69 Å². The minimum atomic E-state index is -0.562. The van der Waals surface area contributed by atoms with Crippen molar-refractivity contribution in [2.45, 2.75) is 11.7 Å². The highest BCUT2D eigenvalue weighted by molar-refractivity contribution is 7.99. The van der Waals surface area contributed by atoms with Crippen molar-refractivity contribution in [3.8, 4) is 17.1 Å². The van der Waals surface area contributed by atoms with Gasteiger partial charge in [-0.15, -0.1) is 10.2 Å². The fraction of sp³-hybridized carbons (Fsp3) is 0.125. The standard InChI is InChI=1S/C24H21N5O4S/c1-33-19-12-13-20(21(14-19)29(31)32)25-22(30)16-34-24-27-26-23(18-10-6-3-7-11-18)28(24)15-17-8-4-2-5-9-17/h2-14H,15-16H2,1H3,(H,25,30). The molecule has 1 aromatic heterocycles. The highest BCUT2D eigenvalue weighted by atomic mass is 32.2. The Kier molecular flexibility index (Phi) is 7.19. The van der Waals surface area contributed by atoms with E-state index < -0.39 is 10.8 Å². The maximum Gasteiger partial charge on any atom is 0.296 e. The Labute approximate surface area is 199 Å². The molecule has 10 heteroatoms. The van der Waals surface area contributed by atoms with Crippen LogP contribution in [0.25, 0.3) is 11.4 Å². The maximum atomic E-state index is 12.6. The molecule has 0 unspecified atom stereocenters. The molecule has 0 radical (unpaired) electrons. The molecule has 0 aliphatic rings. The second kappa shape index (κ2) is 10.6. The van der Waals surface area contributed by atoms with Crippen molar-refractivity contribution in [1.29, 1.82) is 0 Å². The third-order valence-corrected chi connectivity index (χ3v) is 5.91. The number of rotatable bonds is 9. The Bertz CT molecular complexity index is 1300. The number of carbonyl (C=O) groups excluding carboxylic acids is 1. The summed E-state index contributed by atoms with van der Waals surface area (Å²) in [5.41, 5.74) is 1.85. The van der Waals surface area contributed by atoms with Crippen LogP contribution >= 0.6 is 11.8 Å². The van der Waals surface area contributed by atoms with E-state index >= 15 is 0 Å². The Balaban J connectivity index is 1.53. The van der Waals surface area contributed by atoms with Crippen LogP contribution in [0.5, 0.6) is 5.75 Å². The molecule has 0 bridgehead atoms. The van der Waals surface area contributed by atoms with Crippen LogP contribution in [0.2, 0.25) is 0 Å². The normalized spacial score (nSPS) is 10.6. The van der Waals surface area contributed by atoms with Crippen molar-refractivity contribution in [3.63, 3.8) is 0 Å². The van der Waals surface area contributed by atoms with Crippen LogP contribution in [0.1, 0.15) is 5.56 Å². The van der Waals surface area contributed by atoms with Gasteiger partial charge in [-0.05, 0) is 17.7 Å². The summed E-state index contributed by atoms with van der Waals surface area (Å²) in [6.07, 6.45) is 0. The fourth-order valence-corrected chi connectivity index (χ4v) is 4.05. The van der Waals surface area contributed by atoms with E-state index in [9.17, 15) is 14.9 Å². The number of anilines is 1. The first kappa shape index (κ1) is 23.0. The summed E-state index contributed by atoms with van der Waals surface area (Å²) in [4.78, 5) is 23.4. The van der Waals surface area contributed by atoms with Gasteiger partial charge in [-0.25, -0.2) is 0 Å². The molecule has 1 N–H and O–H groups in total. The van der Waals surface area contributed by atoms with Crippen molar-refractivity contribution in [1.82, 2.24) is 14.8 Å². The predicted octanol–water partition coefficient (Wildman–Crippen LogP) is 4.64. The summed E-state index contributed by atoms with van der Waals surface area (Å²) in [5, 5.41) is 23.2. The molecule has 1 amide bonds. The van der Waals surface area contributed by atoms with Gasteiger partial charge in [0.1, 0.15) is 11.4 Å². The SMILES string of the molecule is COc1ccc(NC(=O)CSc2nnc(-c3ccccc3)n2Cc2ccccc2)c([N+](=O)[O-])c1. The van der Waals surface area contributed by atoms with Gasteiger partial charge in [0.2, 0.25) is 5.91 Å². The van der Waals surface area contributed by atoms with Crippen LogP contribution in [0.15, 0.2) is 84.0 Å². The second-order valence-electron chi connectivity index (χ2n) is 7.22. The van der Waals surface area contributed by atoms with E-state index in [-0.39, 0.29) is 17.1 Å². The van der Waals surface area contributed by atoms with Crippen LogP contribution < -0.4 is 10.1 Å². The lowest BCUT2D eigenvalue weighted by Crippen LogP contribution is -2.16. The number of nitro benzene ring substituents is 1. The van der Waals surface area contributed by atoms with Gasteiger partial charge >= 0.3 is 0 Å². The fourth-order valence-electron chi connectivity index (χ4n) is 3.32. The highest BCUT2D eigenvalue weighted by Crippen LogP contribution is 2.30. The van der Waals surface area contributed by atoms with Crippen LogP contribution in [0, 0.1) is 10.1 Å². The van der Waals surface area contributed by atoms with Gasteiger partial charge in [-0.2, -0.15) is 0 Å². The first-order valence-electron chi connectivity index (χ1n) is 10.3. The smallest absolute Gasteiger partial charge is 0.296 e. The average molecular weight is 476 g/mol. The van der Waals surface area contributed by atoms with Gasteiger partial charge < -0.3 is 10.1 Å². The number of hydrogen-bond acceptors (Lipinski definition) is 7. The summed E-state index contributed by atoms with van der Waals surface area (Å²) in [6, 6.07) is 23.9. The van der Waals surface area contributed by atoms with Crippen molar-refractivity contribution >= 4 is 29.0 Å². The number of nitrogens with zero attached hydrogens (tertiary/aromatic N) is 4. The molecular weight excluding hydrogens is 454 g/mol. The molecule has 4 rings (SSSR count). The number of methoxy groups -OCH3 is 1. The van der Waals surface area contributed by atoms with Gasteiger partial charge in [0, 0.05) is 5.56 Å². The number of ether oxygens (including phenoxy) is 1. The molecular formula is C24H21N5O4S. The van der Waals surface area contributed by atoms with E-state index in [1.165, 1.54) is 31.0 Å². The quantitative estimate of drug-likeness (QED) is 0.213. The van der Waals surface area contributed by atoms with Crippen LogP contribution in [0.4, 0.5) is 11.4 Å². The number of benzene rings is 3. The van der Waals surface area contributed by atoms with Gasteiger partial charge in [-0.3, -0.25) is 19.5 Å². The molecule has 0 aliphatic carbocycles. The van der Waals surface area contributed by atoms with Crippen molar-refractivity contribution < 1.29 is 14.5 Å². The van der Waals surface area contributed by atoms with Crippen LogP contribution in [0.3, 0.4) is 0 Å². The Morgan fingerprint density at radius 3 is 2.44 bits per heavy atom. The van der Waals surface area contributed by atoms with E-state index in [0.29, 0.717) is 23.3 Å². The molecule has 0 spiro atoms. The first-order valence-corrected chi connectivity index (χ1v) is 11.3. The molecule has 0 aliphatic heterocycles. The highest BCUT2D eigenvalue weighted by Gasteiger charge is 2.19. The van der Waals surface area contributed by atoms with E-state index in [0.717, 1.165) is 11.1 Å². The summed E-state index contributed by atoms with van der Waals surface area (Å²) < 4.78 is 6.99. The third kappa shape index (κ3) is 5.41. The Morgan fingerprint density at radius 2 is 1.76 bits per heavy atom. The molecule has 4 aromatic rings. The molecule has 3 aromatic carbocycles. The zero-order valence-corrected chi connectivity index (χ0v) is 19.1. The number of carbonyl (C=O) groups is 1. The summed E-state index contributed by atoms with van der Waals surface area (Å²) in [6.45, 7) is 0.534. The molecule has 34 heavy (non-hydrogen) atoms. The number of nitrogens with one attached hydrogen (secondary N) is 1. The zero-order chi connectivity index (χ0) is 23.9. The number of aromatic nitrogens is 3. The van der Waals surface area contributed by atoms with Gasteiger partial charge in [-0.1, -0.05) is 72.4 Å². The maximum absolute atomic E-state index is 12.6. The van der Waals surface area contributed by atoms with Crippen LogP contribution in [-0.2, 0) is 11.3 Å². The topological polar surface area (TPSA) is 112 Å². The van der Waals surface area contributed by atoms with Crippen molar-refractivity contribution in [3.05, 3.63) is 94.5 Å². The number of hydrogen-bond donors (Lipinski definition) is 1. The van der Waals surface area contributed by atoms with E-state index in [1.807, 2.05) is 65.2 Å². The first-order chi connectivity index (χ1) is 16.5. The predicted molar refractivity (Wildman–Crippen MR) is 130 cm³/mol. The summed E-state index contributed by atoms with van der Waals surface area (Å²) in [7, 11) is 1.42. The lowest BCUT2D eigenvalue weighted by Gasteiger charge is -2.11. The van der Waals surface area contributed by atoms with Crippen molar-refractivity contribution in [2.24, 2.45) is 0 Å². The second-order valence-corrected chi connectivity index (χ2v) is 8.16. The zero-order valence-electron chi connectivity index (χ0n) is 18.2. The molecule has 0 fully saturated rings. The molecule has 0 saturated heterocycles. The van der Waals surface area contributed by atoms with Crippen LogP contribution in [-0.4, -0.2) is 38.5 Å². The van der Waals surface area contributed by atoms with E-state index in [1.54, 1.807) is 6.07 Å². The minimum Gasteiger partial charge on any atom is -0.496 e. The van der Waals surface area contributed by atoms with Gasteiger partial charge in [0.05, 0.1) is 30.4 Å². The third-order valence-electron chi connectivity index (χ3n) is 4.94. The molecule has 1 heterocycles. The number of thioether (sulfide) groups is 1. The Hall–Kier alpha value is -4.18. The minimum absolute atomic E-state index is 0.00486. The van der Waals surface area contributed by atoms with E-state index in [4.69, 9.17) is 4.74 Å². The molecule has 9 nitrogen and oxygen atoms in total. The van der Waals surface area contributed by atoms with E-state index in [2.05, 4.69) is 15.5 Å². The monoisotopic (exact) mass is 475 g/mol. The molecule has 172 valence electrons. The number of nitro groups is 1.